The highest BCUT2D eigenvalue weighted by atomic mass is 79.9. The summed E-state index contributed by atoms with van der Waals surface area (Å²) in [4.78, 5) is 3.85. The van der Waals surface area contributed by atoms with Crippen LogP contribution in [-0.2, 0) is 10.0 Å². The topological polar surface area (TPSA) is 85.1 Å². The summed E-state index contributed by atoms with van der Waals surface area (Å²) in [5.41, 5.74) is 5.82. The zero-order chi connectivity index (χ0) is 14.0. The van der Waals surface area contributed by atoms with Crippen molar-refractivity contribution in [2.24, 2.45) is 0 Å². The fraction of sp³-hybridized carbons (Fsp3) is 0. The van der Waals surface area contributed by atoms with E-state index in [1.165, 1.54) is 24.4 Å². The molecule has 100 valence electrons. The fourth-order valence-electron chi connectivity index (χ4n) is 1.39. The molecule has 0 fully saturated rings. The van der Waals surface area contributed by atoms with E-state index in [1.807, 2.05) is 0 Å². The molecule has 2 rings (SSSR count). The zero-order valence-electron chi connectivity index (χ0n) is 9.47. The summed E-state index contributed by atoms with van der Waals surface area (Å²) in [7, 11) is -3.81. The van der Waals surface area contributed by atoms with E-state index in [2.05, 4.69) is 25.6 Å². The minimum absolute atomic E-state index is 0.0244. The van der Waals surface area contributed by atoms with Gasteiger partial charge in [-0.15, -0.1) is 0 Å². The van der Waals surface area contributed by atoms with Gasteiger partial charge in [-0.1, -0.05) is 27.5 Å². The highest BCUT2D eigenvalue weighted by molar-refractivity contribution is 9.10. The standard InChI is InChI=1S/C11H9BrClN3O2S/c12-7-1-2-9(14)10(5-7)19(17,18)16-11-6-8(13)3-4-15-11/h1-6H,14H2,(H,15,16). The van der Waals surface area contributed by atoms with Crippen LogP contribution in [0.3, 0.4) is 0 Å². The second-order valence-corrected chi connectivity index (χ2v) is 6.65. The molecule has 0 spiro atoms. The number of aromatic nitrogens is 1. The first-order valence-corrected chi connectivity index (χ1v) is 7.73. The van der Waals surface area contributed by atoms with E-state index >= 15 is 0 Å². The summed E-state index contributed by atoms with van der Waals surface area (Å²) in [5, 5.41) is 0.384. The Bertz CT molecular complexity index is 722. The third kappa shape index (κ3) is 3.37. The number of benzene rings is 1. The van der Waals surface area contributed by atoms with Gasteiger partial charge >= 0.3 is 0 Å². The van der Waals surface area contributed by atoms with Crippen molar-refractivity contribution in [3.8, 4) is 0 Å². The third-order valence-corrected chi connectivity index (χ3v) is 4.36. The largest absolute Gasteiger partial charge is 0.398 e. The summed E-state index contributed by atoms with van der Waals surface area (Å²) < 4.78 is 27.3. The van der Waals surface area contributed by atoms with Crippen molar-refractivity contribution in [3.63, 3.8) is 0 Å². The molecule has 3 N–H and O–H groups in total. The number of anilines is 2. The smallest absolute Gasteiger partial charge is 0.265 e. The maximum Gasteiger partial charge on any atom is 0.265 e. The molecule has 19 heavy (non-hydrogen) atoms. The first kappa shape index (κ1) is 14.1. The van der Waals surface area contributed by atoms with Gasteiger partial charge in [0.05, 0.1) is 5.69 Å². The van der Waals surface area contributed by atoms with Crippen LogP contribution in [0.4, 0.5) is 11.5 Å². The van der Waals surface area contributed by atoms with Gasteiger partial charge in [-0.05, 0) is 24.3 Å². The highest BCUT2D eigenvalue weighted by Crippen LogP contribution is 2.25. The Labute approximate surface area is 124 Å². The van der Waals surface area contributed by atoms with Crippen LogP contribution in [0, 0.1) is 0 Å². The quantitative estimate of drug-likeness (QED) is 0.822. The third-order valence-electron chi connectivity index (χ3n) is 2.23. The molecule has 5 nitrogen and oxygen atoms in total. The van der Waals surface area contributed by atoms with Gasteiger partial charge in [0.15, 0.2) is 0 Å². The van der Waals surface area contributed by atoms with Gasteiger partial charge < -0.3 is 5.73 Å². The molecule has 0 saturated carbocycles. The Kier molecular flexibility index (Phi) is 3.98. The Hall–Kier alpha value is -1.31. The van der Waals surface area contributed by atoms with E-state index in [1.54, 1.807) is 12.1 Å². The summed E-state index contributed by atoms with van der Waals surface area (Å²) in [6.45, 7) is 0. The van der Waals surface area contributed by atoms with Crippen LogP contribution < -0.4 is 10.5 Å². The van der Waals surface area contributed by atoms with E-state index in [4.69, 9.17) is 17.3 Å². The second-order valence-electron chi connectivity index (χ2n) is 3.65. The van der Waals surface area contributed by atoms with Crippen LogP contribution in [-0.4, -0.2) is 13.4 Å². The molecule has 0 unspecified atom stereocenters. The molecule has 0 aliphatic rings. The predicted octanol–water partition coefficient (Wildman–Crippen LogP) is 2.88. The number of sulfonamides is 1. The summed E-state index contributed by atoms with van der Waals surface area (Å²) in [6, 6.07) is 7.54. The number of rotatable bonds is 3. The fourth-order valence-corrected chi connectivity index (χ4v) is 3.22. The van der Waals surface area contributed by atoms with Crippen molar-refractivity contribution in [1.29, 1.82) is 0 Å². The van der Waals surface area contributed by atoms with E-state index in [0.29, 0.717) is 9.50 Å². The minimum Gasteiger partial charge on any atom is -0.398 e. The number of halogens is 2. The van der Waals surface area contributed by atoms with Crippen LogP contribution in [0.2, 0.25) is 5.02 Å². The average Bonchev–Trinajstić information content (AvgIpc) is 2.31. The molecule has 0 amide bonds. The lowest BCUT2D eigenvalue weighted by Crippen LogP contribution is -2.15. The van der Waals surface area contributed by atoms with Gasteiger partial charge in [-0.25, -0.2) is 13.4 Å². The van der Waals surface area contributed by atoms with Gasteiger partial charge in [0.2, 0.25) is 0 Å². The maximum absolute atomic E-state index is 12.2. The molecule has 0 aliphatic carbocycles. The summed E-state index contributed by atoms with van der Waals surface area (Å²) in [5.74, 6) is 0.131. The monoisotopic (exact) mass is 361 g/mol. The van der Waals surface area contributed by atoms with Gasteiger partial charge in [-0.3, -0.25) is 4.72 Å². The molecule has 0 bridgehead atoms. The summed E-state index contributed by atoms with van der Waals surface area (Å²) >= 11 is 8.97. The van der Waals surface area contributed by atoms with E-state index < -0.39 is 10.0 Å². The van der Waals surface area contributed by atoms with Crippen molar-refractivity contribution in [1.82, 2.24) is 4.98 Å². The Balaban J connectivity index is 2.40. The van der Waals surface area contributed by atoms with Crippen LogP contribution >= 0.6 is 27.5 Å². The number of hydrogen-bond donors (Lipinski definition) is 2. The van der Waals surface area contributed by atoms with Crippen LogP contribution in [0.25, 0.3) is 0 Å². The van der Waals surface area contributed by atoms with Crippen LogP contribution in [0.1, 0.15) is 0 Å². The first-order chi connectivity index (χ1) is 8.88. The molecule has 0 aliphatic heterocycles. The Morgan fingerprint density at radius 2 is 2.00 bits per heavy atom. The van der Waals surface area contributed by atoms with Crippen molar-refractivity contribution in [2.45, 2.75) is 4.90 Å². The maximum atomic E-state index is 12.2. The number of nitrogen functional groups attached to an aromatic ring is 1. The summed E-state index contributed by atoms with van der Waals surface area (Å²) in [6.07, 6.45) is 1.41. The molecule has 0 saturated heterocycles. The van der Waals surface area contributed by atoms with E-state index in [9.17, 15) is 8.42 Å². The highest BCUT2D eigenvalue weighted by Gasteiger charge is 2.18. The lowest BCUT2D eigenvalue weighted by Gasteiger charge is -2.10. The molecule has 0 radical (unpaired) electrons. The van der Waals surface area contributed by atoms with Crippen molar-refractivity contribution in [2.75, 3.05) is 10.5 Å². The van der Waals surface area contributed by atoms with Gasteiger partial charge in [0, 0.05) is 21.8 Å². The zero-order valence-corrected chi connectivity index (χ0v) is 12.6. The van der Waals surface area contributed by atoms with Crippen LogP contribution in [0.15, 0.2) is 45.9 Å². The molecular weight excluding hydrogens is 354 g/mol. The molecule has 8 heteroatoms. The van der Waals surface area contributed by atoms with E-state index in [-0.39, 0.29) is 16.4 Å². The minimum atomic E-state index is -3.81. The van der Waals surface area contributed by atoms with Gasteiger partial charge in [0.1, 0.15) is 10.7 Å². The second kappa shape index (κ2) is 5.36. The molecule has 1 heterocycles. The number of nitrogens with zero attached hydrogens (tertiary/aromatic N) is 1. The Morgan fingerprint density at radius 3 is 2.68 bits per heavy atom. The van der Waals surface area contributed by atoms with Gasteiger partial charge in [-0.2, -0.15) is 0 Å². The number of nitrogens with one attached hydrogen (secondary N) is 1. The average molecular weight is 363 g/mol. The van der Waals surface area contributed by atoms with Crippen LogP contribution in [0.5, 0.6) is 0 Å². The number of pyridine rings is 1. The SMILES string of the molecule is Nc1ccc(Br)cc1S(=O)(=O)Nc1cc(Cl)ccn1. The molecule has 1 aromatic carbocycles. The van der Waals surface area contributed by atoms with Crippen molar-refractivity contribution < 1.29 is 8.42 Å². The molecular formula is C11H9BrClN3O2S. The van der Waals surface area contributed by atoms with Crippen molar-refractivity contribution >= 4 is 49.1 Å². The number of hydrogen-bond acceptors (Lipinski definition) is 4. The lowest BCUT2D eigenvalue weighted by molar-refractivity contribution is 0.601. The number of nitrogens with two attached hydrogens (primary N) is 1. The predicted molar refractivity (Wildman–Crippen MR) is 78.6 cm³/mol. The molecule has 1 aromatic heterocycles. The van der Waals surface area contributed by atoms with Crippen molar-refractivity contribution in [3.05, 3.63) is 46.0 Å². The normalized spacial score (nSPS) is 11.3. The Morgan fingerprint density at radius 1 is 1.26 bits per heavy atom. The first-order valence-electron chi connectivity index (χ1n) is 5.08. The molecule has 2 aromatic rings. The lowest BCUT2D eigenvalue weighted by atomic mass is 10.3. The van der Waals surface area contributed by atoms with E-state index in [0.717, 1.165) is 0 Å². The molecule has 0 atom stereocenters. The van der Waals surface area contributed by atoms with Gasteiger partial charge in [0.25, 0.3) is 10.0 Å².